The van der Waals surface area contributed by atoms with E-state index in [1.165, 1.54) is 5.56 Å². The van der Waals surface area contributed by atoms with Gasteiger partial charge in [-0.3, -0.25) is 9.59 Å². The fourth-order valence-corrected chi connectivity index (χ4v) is 2.34. The summed E-state index contributed by atoms with van der Waals surface area (Å²) >= 11 is 0. The van der Waals surface area contributed by atoms with E-state index in [1.807, 2.05) is 49.2 Å². The van der Waals surface area contributed by atoms with Crippen molar-refractivity contribution in [3.8, 4) is 0 Å². The number of amides is 2. The summed E-state index contributed by atoms with van der Waals surface area (Å²) in [6, 6.07) is 10.0. The second kappa shape index (κ2) is 18.0. The van der Waals surface area contributed by atoms with Crippen molar-refractivity contribution >= 4 is 11.8 Å². The quantitative estimate of drug-likeness (QED) is 0.595. The second-order valence-electron chi connectivity index (χ2n) is 5.54. The number of rotatable bonds is 9. The minimum atomic E-state index is 0. The molecule has 4 heteroatoms. The van der Waals surface area contributed by atoms with Crippen LogP contribution in [0.2, 0.25) is 0 Å². The standard InChI is InChI=1S/C18H28N2O2.4CH4/c1-4-13-20(17(21)5-2)15-14-19(3)18(22)12-11-16-9-7-6-8-10-16;;;;/h6-10H,4-5,11-15H2,1-3H3;4*1H4. The molecule has 0 saturated heterocycles. The van der Waals surface area contributed by atoms with Crippen LogP contribution in [0.4, 0.5) is 0 Å². The Hall–Kier alpha value is -1.84. The third kappa shape index (κ3) is 11.7. The third-order valence-electron chi connectivity index (χ3n) is 3.75. The normalized spacial score (nSPS) is 8.73. The largest absolute Gasteiger partial charge is 0.344 e. The monoisotopic (exact) mass is 368 g/mol. The van der Waals surface area contributed by atoms with Crippen molar-refractivity contribution in [2.75, 3.05) is 26.7 Å². The van der Waals surface area contributed by atoms with Gasteiger partial charge in [0.25, 0.3) is 0 Å². The Morgan fingerprint density at radius 3 is 1.92 bits per heavy atom. The number of benzene rings is 1. The molecule has 1 rings (SSSR count). The first kappa shape index (κ1) is 31.9. The van der Waals surface area contributed by atoms with Gasteiger partial charge in [-0.2, -0.15) is 0 Å². The molecule has 4 nitrogen and oxygen atoms in total. The first-order valence-electron chi connectivity index (χ1n) is 8.14. The van der Waals surface area contributed by atoms with Crippen molar-refractivity contribution in [3.05, 3.63) is 35.9 Å². The van der Waals surface area contributed by atoms with Gasteiger partial charge in [0.1, 0.15) is 0 Å². The molecule has 0 N–H and O–H groups in total. The lowest BCUT2D eigenvalue weighted by Gasteiger charge is -2.25. The van der Waals surface area contributed by atoms with E-state index in [1.54, 1.807) is 4.90 Å². The molecule has 0 atom stereocenters. The summed E-state index contributed by atoms with van der Waals surface area (Å²) in [6.07, 6.45) is 2.73. The molecule has 0 radical (unpaired) electrons. The lowest BCUT2D eigenvalue weighted by Crippen LogP contribution is -2.39. The smallest absolute Gasteiger partial charge is 0.222 e. The summed E-state index contributed by atoms with van der Waals surface area (Å²) in [5.41, 5.74) is 1.18. The second-order valence-corrected chi connectivity index (χ2v) is 5.54. The fourth-order valence-electron chi connectivity index (χ4n) is 2.34. The molecular weight excluding hydrogens is 324 g/mol. The minimum absolute atomic E-state index is 0. The summed E-state index contributed by atoms with van der Waals surface area (Å²) in [5, 5.41) is 0. The number of likely N-dealkylation sites (N-methyl/N-ethyl adjacent to an activating group) is 1. The molecule has 0 aromatic heterocycles. The molecule has 1 aromatic carbocycles. The van der Waals surface area contributed by atoms with Crippen LogP contribution in [0.15, 0.2) is 30.3 Å². The van der Waals surface area contributed by atoms with Crippen LogP contribution in [0.25, 0.3) is 0 Å². The van der Waals surface area contributed by atoms with Crippen LogP contribution in [0, 0.1) is 0 Å². The topological polar surface area (TPSA) is 40.6 Å². The van der Waals surface area contributed by atoms with Crippen molar-refractivity contribution in [2.45, 2.75) is 69.2 Å². The Labute approximate surface area is 163 Å². The zero-order valence-electron chi connectivity index (χ0n) is 14.0. The Bertz CT molecular complexity index is 460. The first-order chi connectivity index (χ1) is 10.6. The van der Waals surface area contributed by atoms with E-state index < -0.39 is 0 Å². The summed E-state index contributed by atoms with van der Waals surface area (Å²) in [4.78, 5) is 27.5. The van der Waals surface area contributed by atoms with Crippen molar-refractivity contribution < 1.29 is 9.59 Å². The molecule has 2 amide bonds. The van der Waals surface area contributed by atoms with Crippen LogP contribution in [0.1, 0.15) is 68.4 Å². The molecule has 0 aliphatic carbocycles. The molecule has 26 heavy (non-hydrogen) atoms. The zero-order chi connectivity index (χ0) is 16.4. The summed E-state index contributed by atoms with van der Waals surface area (Å²) in [5.74, 6) is 0.288. The summed E-state index contributed by atoms with van der Waals surface area (Å²) in [7, 11) is 1.81. The minimum Gasteiger partial charge on any atom is -0.344 e. The number of carbonyl (C=O) groups is 2. The van der Waals surface area contributed by atoms with Crippen LogP contribution in [-0.2, 0) is 16.0 Å². The van der Waals surface area contributed by atoms with Gasteiger partial charge in [0.15, 0.2) is 0 Å². The lowest BCUT2D eigenvalue weighted by atomic mass is 10.1. The van der Waals surface area contributed by atoms with Crippen LogP contribution >= 0.6 is 0 Å². The molecule has 0 aliphatic heterocycles. The Kier molecular flexibility index (Phi) is 22.0. The Balaban J connectivity index is -0.000000605. The Morgan fingerprint density at radius 1 is 0.846 bits per heavy atom. The lowest BCUT2D eigenvalue weighted by molar-refractivity contribution is -0.134. The molecule has 0 spiro atoms. The summed E-state index contributed by atoms with van der Waals surface area (Å²) < 4.78 is 0. The maximum absolute atomic E-state index is 12.1. The van der Waals surface area contributed by atoms with Crippen LogP contribution in [0.5, 0.6) is 0 Å². The molecule has 0 aliphatic rings. The van der Waals surface area contributed by atoms with E-state index in [2.05, 4.69) is 6.92 Å². The maximum Gasteiger partial charge on any atom is 0.222 e. The number of hydrogen-bond donors (Lipinski definition) is 0. The van der Waals surface area contributed by atoms with E-state index in [9.17, 15) is 9.59 Å². The van der Waals surface area contributed by atoms with E-state index in [0.29, 0.717) is 25.9 Å². The predicted molar refractivity (Wildman–Crippen MR) is 116 cm³/mol. The van der Waals surface area contributed by atoms with Gasteiger partial charge in [-0.15, -0.1) is 0 Å². The fraction of sp³-hybridized carbons (Fsp3) is 0.636. The molecule has 0 bridgehead atoms. The van der Waals surface area contributed by atoms with Gasteiger partial charge in [-0.05, 0) is 18.4 Å². The van der Waals surface area contributed by atoms with Gasteiger partial charge in [-0.1, -0.05) is 73.9 Å². The molecule has 1 aromatic rings. The highest BCUT2D eigenvalue weighted by molar-refractivity contribution is 5.77. The highest BCUT2D eigenvalue weighted by Crippen LogP contribution is 2.04. The van der Waals surface area contributed by atoms with Crippen molar-refractivity contribution in [2.24, 2.45) is 0 Å². The molecule has 0 saturated carbocycles. The van der Waals surface area contributed by atoms with Gasteiger partial charge in [0, 0.05) is 39.5 Å². The SMILES string of the molecule is C.C.C.C.CCCN(CCN(C)C(=O)CCc1ccccc1)C(=O)CC. The van der Waals surface area contributed by atoms with Crippen LogP contribution in [0.3, 0.4) is 0 Å². The highest BCUT2D eigenvalue weighted by atomic mass is 16.2. The van der Waals surface area contributed by atoms with E-state index in [-0.39, 0.29) is 41.5 Å². The van der Waals surface area contributed by atoms with Crippen molar-refractivity contribution in [1.29, 1.82) is 0 Å². The predicted octanol–water partition coefficient (Wildman–Crippen LogP) is 5.27. The van der Waals surface area contributed by atoms with Crippen LogP contribution < -0.4 is 0 Å². The van der Waals surface area contributed by atoms with E-state index in [0.717, 1.165) is 19.4 Å². The van der Waals surface area contributed by atoms with Gasteiger partial charge in [0.2, 0.25) is 11.8 Å². The van der Waals surface area contributed by atoms with E-state index in [4.69, 9.17) is 0 Å². The molecule has 0 fully saturated rings. The number of carbonyl (C=O) groups excluding carboxylic acids is 2. The van der Waals surface area contributed by atoms with Crippen molar-refractivity contribution in [3.63, 3.8) is 0 Å². The number of hydrogen-bond acceptors (Lipinski definition) is 2. The van der Waals surface area contributed by atoms with Gasteiger partial charge in [-0.25, -0.2) is 0 Å². The maximum atomic E-state index is 12.1. The number of nitrogens with zero attached hydrogens (tertiary/aromatic N) is 2. The Morgan fingerprint density at radius 2 is 1.42 bits per heavy atom. The van der Waals surface area contributed by atoms with Gasteiger partial charge >= 0.3 is 0 Å². The molecular formula is C22H44N2O2. The average Bonchev–Trinajstić information content (AvgIpc) is 2.56. The molecule has 0 heterocycles. The third-order valence-corrected chi connectivity index (χ3v) is 3.75. The van der Waals surface area contributed by atoms with E-state index >= 15 is 0 Å². The number of aryl methyl sites for hydroxylation is 1. The van der Waals surface area contributed by atoms with Crippen LogP contribution in [-0.4, -0.2) is 48.3 Å². The summed E-state index contributed by atoms with van der Waals surface area (Å²) in [6.45, 7) is 5.91. The molecule has 154 valence electrons. The first-order valence-corrected chi connectivity index (χ1v) is 8.14. The van der Waals surface area contributed by atoms with Crippen molar-refractivity contribution in [1.82, 2.24) is 9.80 Å². The average molecular weight is 369 g/mol. The highest BCUT2D eigenvalue weighted by Gasteiger charge is 2.14. The van der Waals surface area contributed by atoms with Gasteiger partial charge in [0.05, 0.1) is 0 Å². The zero-order valence-corrected chi connectivity index (χ0v) is 14.0. The molecule has 0 unspecified atom stereocenters. The van der Waals surface area contributed by atoms with Gasteiger partial charge < -0.3 is 9.80 Å².